The van der Waals surface area contributed by atoms with Crippen LogP contribution in [0.2, 0.25) is 0 Å². The highest BCUT2D eigenvalue weighted by atomic mass is 15.2. The van der Waals surface area contributed by atoms with Crippen molar-refractivity contribution in [2.24, 2.45) is 11.3 Å². The van der Waals surface area contributed by atoms with Gasteiger partial charge in [-0.1, -0.05) is 20.8 Å². The molecular weight excluding hydrogens is 170 g/mol. The second kappa shape index (κ2) is 3.84. The first-order valence-electron chi connectivity index (χ1n) is 6.29. The Hall–Kier alpha value is -0.0400. The zero-order chi connectivity index (χ0) is 10.2. The maximum atomic E-state index is 2.75. The van der Waals surface area contributed by atoms with Crippen molar-refractivity contribution in [3.63, 3.8) is 0 Å². The molecule has 2 aliphatic rings. The summed E-state index contributed by atoms with van der Waals surface area (Å²) in [5.41, 5.74) is 0.527. The van der Waals surface area contributed by atoms with Gasteiger partial charge in [-0.3, -0.25) is 0 Å². The Balaban J connectivity index is 1.67. The van der Waals surface area contributed by atoms with Crippen molar-refractivity contribution in [3.05, 3.63) is 0 Å². The molecule has 2 rings (SSSR count). The fraction of sp³-hybridized carbons (Fsp3) is 1.00. The van der Waals surface area contributed by atoms with Crippen LogP contribution in [0.15, 0.2) is 0 Å². The Kier molecular flexibility index (Phi) is 2.88. The molecule has 1 nitrogen and oxygen atoms in total. The van der Waals surface area contributed by atoms with E-state index < -0.39 is 0 Å². The normalized spacial score (nSPS) is 32.8. The lowest BCUT2D eigenvalue weighted by Gasteiger charge is -2.28. The highest BCUT2D eigenvalue weighted by molar-refractivity contribution is 4.91. The van der Waals surface area contributed by atoms with Gasteiger partial charge < -0.3 is 4.90 Å². The van der Waals surface area contributed by atoms with E-state index in [1.807, 2.05) is 0 Å². The van der Waals surface area contributed by atoms with Crippen molar-refractivity contribution < 1.29 is 0 Å². The van der Waals surface area contributed by atoms with E-state index in [1.165, 1.54) is 45.2 Å². The molecule has 0 radical (unpaired) electrons. The lowest BCUT2D eigenvalue weighted by atomic mass is 9.90. The largest absolute Gasteiger partial charge is 0.300 e. The van der Waals surface area contributed by atoms with E-state index in [2.05, 4.69) is 25.7 Å². The molecule has 82 valence electrons. The van der Waals surface area contributed by atoms with Crippen molar-refractivity contribution in [2.45, 2.75) is 58.9 Å². The molecular formula is C13H25N. The van der Waals surface area contributed by atoms with Gasteiger partial charge in [0.25, 0.3) is 0 Å². The summed E-state index contributed by atoms with van der Waals surface area (Å²) >= 11 is 0. The molecule has 14 heavy (non-hydrogen) atoms. The van der Waals surface area contributed by atoms with Gasteiger partial charge in [-0.15, -0.1) is 0 Å². The summed E-state index contributed by atoms with van der Waals surface area (Å²) in [4.78, 5) is 2.75. The highest BCUT2D eigenvalue weighted by Crippen LogP contribution is 2.37. The molecule has 1 saturated carbocycles. The predicted octanol–water partition coefficient (Wildman–Crippen LogP) is 3.30. The second-order valence-corrected chi connectivity index (χ2v) is 6.49. The Bertz CT molecular complexity index is 192. The number of rotatable bonds is 3. The van der Waals surface area contributed by atoms with E-state index in [4.69, 9.17) is 0 Å². The molecule has 0 N–H and O–H groups in total. The molecule has 1 aliphatic carbocycles. The first kappa shape index (κ1) is 10.5. The average molecular weight is 195 g/mol. The SMILES string of the molecule is CC(C)(C)CCCN1C[C@@H]2CC[C@H]1C2. The molecule has 2 fully saturated rings. The van der Waals surface area contributed by atoms with Gasteiger partial charge in [0.15, 0.2) is 0 Å². The molecule has 0 spiro atoms. The second-order valence-electron chi connectivity index (χ2n) is 6.49. The van der Waals surface area contributed by atoms with Gasteiger partial charge in [0.1, 0.15) is 0 Å². The first-order valence-corrected chi connectivity index (χ1v) is 6.29. The van der Waals surface area contributed by atoms with Crippen molar-refractivity contribution >= 4 is 0 Å². The topological polar surface area (TPSA) is 3.24 Å². The number of likely N-dealkylation sites (tertiary alicyclic amines) is 1. The van der Waals surface area contributed by atoms with Crippen LogP contribution in [0.1, 0.15) is 52.9 Å². The van der Waals surface area contributed by atoms with Gasteiger partial charge in [0.2, 0.25) is 0 Å². The van der Waals surface area contributed by atoms with Crippen LogP contribution >= 0.6 is 0 Å². The lowest BCUT2D eigenvalue weighted by molar-refractivity contribution is 0.199. The standard InChI is InChI=1S/C13H25N/c1-13(2,3)7-4-8-14-10-11-5-6-12(14)9-11/h11-12H,4-10H2,1-3H3/t11-,12+/m1/s1. The Morgan fingerprint density at radius 3 is 2.50 bits per heavy atom. The smallest absolute Gasteiger partial charge is 0.00985 e. The van der Waals surface area contributed by atoms with Crippen LogP contribution in [-0.2, 0) is 0 Å². The molecule has 2 atom stereocenters. The zero-order valence-corrected chi connectivity index (χ0v) is 10.1. The van der Waals surface area contributed by atoms with Crippen molar-refractivity contribution in [1.82, 2.24) is 4.90 Å². The first-order chi connectivity index (χ1) is 6.54. The Morgan fingerprint density at radius 1 is 1.21 bits per heavy atom. The summed E-state index contributed by atoms with van der Waals surface area (Å²) in [6, 6.07) is 0.972. The Morgan fingerprint density at radius 2 is 2.00 bits per heavy atom. The van der Waals surface area contributed by atoms with Gasteiger partial charge in [-0.05, 0) is 50.0 Å². The molecule has 1 heterocycles. The summed E-state index contributed by atoms with van der Waals surface area (Å²) in [6.07, 6.45) is 7.28. The minimum atomic E-state index is 0.527. The highest BCUT2D eigenvalue weighted by Gasteiger charge is 2.37. The third kappa shape index (κ3) is 2.50. The number of hydrogen-bond donors (Lipinski definition) is 0. The van der Waals surface area contributed by atoms with Crippen LogP contribution in [0.25, 0.3) is 0 Å². The Labute approximate surface area is 88.9 Å². The van der Waals surface area contributed by atoms with E-state index >= 15 is 0 Å². The third-order valence-corrected chi connectivity index (χ3v) is 3.89. The summed E-state index contributed by atoms with van der Waals surface area (Å²) in [7, 11) is 0. The van der Waals surface area contributed by atoms with Crippen LogP contribution < -0.4 is 0 Å². The zero-order valence-electron chi connectivity index (χ0n) is 10.1. The molecule has 0 unspecified atom stereocenters. The van der Waals surface area contributed by atoms with Crippen LogP contribution in [0.4, 0.5) is 0 Å². The van der Waals surface area contributed by atoms with Crippen molar-refractivity contribution in [1.29, 1.82) is 0 Å². The number of nitrogens with zero attached hydrogens (tertiary/aromatic N) is 1. The quantitative estimate of drug-likeness (QED) is 0.668. The van der Waals surface area contributed by atoms with E-state index in [9.17, 15) is 0 Å². The van der Waals surface area contributed by atoms with Gasteiger partial charge in [0.05, 0.1) is 0 Å². The average Bonchev–Trinajstić information content (AvgIpc) is 2.62. The van der Waals surface area contributed by atoms with Gasteiger partial charge >= 0.3 is 0 Å². The van der Waals surface area contributed by atoms with E-state index in [-0.39, 0.29) is 0 Å². The predicted molar refractivity (Wildman–Crippen MR) is 61.4 cm³/mol. The fourth-order valence-electron chi connectivity index (χ4n) is 3.11. The molecule has 0 aromatic heterocycles. The van der Waals surface area contributed by atoms with Gasteiger partial charge in [-0.25, -0.2) is 0 Å². The lowest BCUT2D eigenvalue weighted by Crippen LogP contribution is -2.33. The molecule has 1 aliphatic heterocycles. The number of fused-ring (bicyclic) bond motifs is 2. The monoisotopic (exact) mass is 195 g/mol. The summed E-state index contributed by atoms with van der Waals surface area (Å²) in [5.74, 6) is 1.06. The van der Waals surface area contributed by atoms with Crippen LogP contribution in [0, 0.1) is 11.3 Å². The molecule has 0 aromatic carbocycles. The minimum absolute atomic E-state index is 0.527. The van der Waals surface area contributed by atoms with Crippen LogP contribution in [0.3, 0.4) is 0 Å². The molecule has 1 heteroatoms. The van der Waals surface area contributed by atoms with Crippen molar-refractivity contribution in [3.8, 4) is 0 Å². The van der Waals surface area contributed by atoms with Gasteiger partial charge in [0, 0.05) is 12.6 Å². The third-order valence-electron chi connectivity index (χ3n) is 3.89. The van der Waals surface area contributed by atoms with E-state index in [1.54, 1.807) is 0 Å². The number of piperidine rings is 1. The molecule has 1 saturated heterocycles. The van der Waals surface area contributed by atoms with Crippen molar-refractivity contribution in [2.75, 3.05) is 13.1 Å². The van der Waals surface area contributed by atoms with E-state index in [0.29, 0.717) is 5.41 Å². The molecule has 0 aromatic rings. The fourth-order valence-corrected chi connectivity index (χ4v) is 3.11. The maximum Gasteiger partial charge on any atom is 0.00985 e. The van der Waals surface area contributed by atoms with Crippen LogP contribution in [-0.4, -0.2) is 24.0 Å². The van der Waals surface area contributed by atoms with Gasteiger partial charge in [-0.2, -0.15) is 0 Å². The molecule has 0 amide bonds. The summed E-state index contributed by atoms with van der Waals surface area (Å²) < 4.78 is 0. The summed E-state index contributed by atoms with van der Waals surface area (Å²) in [5, 5.41) is 0. The van der Waals surface area contributed by atoms with E-state index in [0.717, 1.165) is 12.0 Å². The molecule has 2 bridgehead atoms. The maximum absolute atomic E-state index is 2.75. The minimum Gasteiger partial charge on any atom is -0.300 e. The number of hydrogen-bond acceptors (Lipinski definition) is 1. The van der Waals surface area contributed by atoms with Crippen LogP contribution in [0.5, 0.6) is 0 Å². The summed E-state index contributed by atoms with van der Waals surface area (Å²) in [6.45, 7) is 9.82.